The average molecular weight is 307 g/mol. The van der Waals surface area contributed by atoms with Crippen molar-refractivity contribution in [2.75, 3.05) is 6.54 Å². The second kappa shape index (κ2) is 6.81. The van der Waals surface area contributed by atoms with E-state index in [0.717, 1.165) is 18.0 Å². The Hall–Kier alpha value is -0.0800. The van der Waals surface area contributed by atoms with E-state index in [0.29, 0.717) is 11.5 Å². The quantitative estimate of drug-likeness (QED) is 0.689. The van der Waals surface area contributed by atoms with Crippen molar-refractivity contribution in [2.45, 2.75) is 110 Å². The summed E-state index contributed by atoms with van der Waals surface area (Å²) in [5.74, 6) is 1.65. The topological polar surface area (TPSA) is 6.48 Å². The molecule has 22 heavy (non-hydrogen) atoms. The van der Waals surface area contributed by atoms with E-state index in [4.69, 9.17) is 0 Å². The van der Waals surface area contributed by atoms with Gasteiger partial charge in [-0.3, -0.25) is 0 Å². The molecule has 1 aliphatic carbocycles. The Kier molecular flexibility index (Phi) is 5.19. The molecule has 0 spiro atoms. The highest BCUT2D eigenvalue weighted by molar-refractivity contribution is 5.01. The van der Waals surface area contributed by atoms with Crippen molar-refractivity contribution < 1.29 is 0 Å². The van der Waals surface area contributed by atoms with E-state index in [-0.39, 0.29) is 0 Å². The van der Waals surface area contributed by atoms with Crippen LogP contribution in [0.2, 0.25) is 0 Å². The van der Waals surface area contributed by atoms with Gasteiger partial charge in [0.15, 0.2) is 0 Å². The van der Waals surface area contributed by atoms with Gasteiger partial charge in [-0.05, 0) is 51.4 Å². The third-order valence-electron chi connectivity index (χ3n) is 7.14. The highest BCUT2D eigenvalue weighted by Crippen LogP contribution is 2.46. The van der Waals surface area contributed by atoms with Crippen molar-refractivity contribution in [2.24, 2.45) is 11.8 Å². The van der Waals surface area contributed by atoms with Gasteiger partial charge in [-0.1, -0.05) is 52.4 Å². The third kappa shape index (κ3) is 2.98. The molecule has 1 saturated carbocycles. The minimum Gasteiger partial charge on any atom is -0.238 e. The normalized spacial score (nSPS) is 35.6. The molecular formula is C20H38N2. The molecule has 3 atom stereocenters. The van der Waals surface area contributed by atoms with Crippen molar-refractivity contribution in [3.63, 3.8) is 0 Å². The third-order valence-corrected chi connectivity index (χ3v) is 7.14. The summed E-state index contributed by atoms with van der Waals surface area (Å²) < 4.78 is 0. The smallest absolute Gasteiger partial charge is 0.0326 e. The van der Waals surface area contributed by atoms with Crippen LogP contribution in [-0.4, -0.2) is 34.2 Å². The van der Waals surface area contributed by atoms with Crippen LogP contribution in [0.1, 0.15) is 91.9 Å². The van der Waals surface area contributed by atoms with Crippen LogP contribution < -0.4 is 0 Å². The second-order valence-electron chi connectivity index (χ2n) is 8.96. The zero-order valence-electron chi connectivity index (χ0n) is 15.5. The van der Waals surface area contributed by atoms with Gasteiger partial charge in [0.2, 0.25) is 0 Å². The van der Waals surface area contributed by atoms with E-state index in [1.807, 2.05) is 0 Å². The zero-order chi connectivity index (χ0) is 15.7. The monoisotopic (exact) mass is 306 g/mol. The van der Waals surface area contributed by atoms with E-state index in [1.165, 1.54) is 70.8 Å². The molecule has 3 aliphatic rings. The first kappa shape index (κ1) is 16.8. The van der Waals surface area contributed by atoms with Crippen LogP contribution in [0.5, 0.6) is 0 Å². The lowest BCUT2D eigenvalue weighted by molar-refractivity contribution is -0.117. The van der Waals surface area contributed by atoms with Gasteiger partial charge in [0.25, 0.3) is 0 Å². The minimum atomic E-state index is 0.293. The summed E-state index contributed by atoms with van der Waals surface area (Å²) in [6.45, 7) is 11.2. The van der Waals surface area contributed by atoms with Crippen molar-refractivity contribution in [3.05, 3.63) is 0 Å². The molecule has 0 aromatic carbocycles. The Morgan fingerprint density at radius 1 is 0.773 bits per heavy atom. The van der Waals surface area contributed by atoms with Gasteiger partial charge in [0, 0.05) is 24.2 Å². The summed E-state index contributed by atoms with van der Waals surface area (Å²) in [5.41, 5.74) is 0.293. The Morgan fingerprint density at radius 3 is 2.05 bits per heavy atom. The molecule has 0 aromatic heterocycles. The van der Waals surface area contributed by atoms with E-state index in [2.05, 4.69) is 37.7 Å². The summed E-state index contributed by atoms with van der Waals surface area (Å²) in [6.07, 6.45) is 14.5. The van der Waals surface area contributed by atoms with Crippen molar-refractivity contribution in [1.82, 2.24) is 10.0 Å². The van der Waals surface area contributed by atoms with Crippen molar-refractivity contribution in [3.8, 4) is 0 Å². The molecule has 0 N–H and O–H groups in total. The molecule has 0 amide bonds. The van der Waals surface area contributed by atoms with Gasteiger partial charge in [-0.2, -0.15) is 0 Å². The number of rotatable bonds is 2. The molecule has 3 rings (SSSR count). The first-order chi connectivity index (χ1) is 10.5. The van der Waals surface area contributed by atoms with Crippen LogP contribution in [0.3, 0.4) is 0 Å². The van der Waals surface area contributed by atoms with Gasteiger partial charge in [-0.15, -0.1) is 0 Å². The summed E-state index contributed by atoms with van der Waals surface area (Å²) in [4.78, 5) is 0. The van der Waals surface area contributed by atoms with E-state index >= 15 is 0 Å². The Labute approximate surface area is 138 Å². The molecule has 2 heteroatoms. The molecule has 2 aliphatic heterocycles. The maximum Gasteiger partial charge on any atom is 0.0326 e. The lowest BCUT2D eigenvalue weighted by Gasteiger charge is -2.48. The number of hydrogen-bond donors (Lipinski definition) is 0. The number of hydrazine groups is 1. The summed E-state index contributed by atoms with van der Waals surface area (Å²) in [6, 6.07) is 1.67. The molecule has 0 bridgehead atoms. The SMILES string of the molecule is CC(C)C(C)(C)N1C2CCCCCCC2C2CCCCCN21. The molecule has 3 unspecified atom stereocenters. The van der Waals surface area contributed by atoms with E-state index in [9.17, 15) is 0 Å². The van der Waals surface area contributed by atoms with Crippen LogP contribution in [0.25, 0.3) is 0 Å². The fraction of sp³-hybridized carbons (Fsp3) is 1.00. The minimum absolute atomic E-state index is 0.293. The predicted molar refractivity (Wildman–Crippen MR) is 94.7 cm³/mol. The average Bonchev–Trinajstić information content (AvgIpc) is 2.60. The van der Waals surface area contributed by atoms with Crippen molar-refractivity contribution in [1.29, 1.82) is 0 Å². The van der Waals surface area contributed by atoms with E-state index < -0.39 is 0 Å². The van der Waals surface area contributed by atoms with Crippen LogP contribution in [0, 0.1) is 11.8 Å². The van der Waals surface area contributed by atoms with Gasteiger partial charge in [0.05, 0.1) is 0 Å². The number of hydrogen-bond acceptors (Lipinski definition) is 2. The van der Waals surface area contributed by atoms with Crippen LogP contribution in [0.15, 0.2) is 0 Å². The van der Waals surface area contributed by atoms with Gasteiger partial charge >= 0.3 is 0 Å². The standard InChI is InChI=1S/C20H38N2/c1-16(2)20(3,4)22-19-14-9-6-5-8-12-17(19)18-13-10-7-11-15-21(18)22/h16-19H,5-15H2,1-4H3. The lowest BCUT2D eigenvalue weighted by Crippen LogP contribution is -2.57. The summed E-state index contributed by atoms with van der Waals surface area (Å²) in [7, 11) is 0. The fourth-order valence-corrected chi connectivity index (χ4v) is 5.28. The first-order valence-corrected chi connectivity index (χ1v) is 10.1. The Morgan fingerprint density at radius 2 is 1.36 bits per heavy atom. The van der Waals surface area contributed by atoms with Crippen LogP contribution in [-0.2, 0) is 0 Å². The predicted octanol–water partition coefficient (Wildman–Crippen LogP) is 5.24. The fourth-order valence-electron chi connectivity index (χ4n) is 5.28. The zero-order valence-corrected chi connectivity index (χ0v) is 15.5. The largest absolute Gasteiger partial charge is 0.238 e. The number of fused-ring (bicyclic) bond motifs is 3. The van der Waals surface area contributed by atoms with Gasteiger partial charge in [0.1, 0.15) is 0 Å². The van der Waals surface area contributed by atoms with Crippen molar-refractivity contribution >= 4 is 0 Å². The second-order valence-corrected chi connectivity index (χ2v) is 8.96. The van der Waals surface area contributed by atoms with Gasteiger partial charge in [-0.25, -0.2) is 10.0 Å². The maximum atomic E-state index is 2.91. The molecule has 2 saturated heterocycles. The van der Waals surface area contributed by atoms with Crippen LogP contribution >= 0.6 is 0 Å². The lowest BCUT2D eigenvalue weighted by atomic mass is 9.80. The first-order valence-electron chi connectivity index (χ1n) is 10.1. The summed E-state index contributed by atoms with van der Waals surface area (Å²) >= 11 is 0. The molecule has 2 nitrogen and oxygen atoms in total. The van der Waals surface area contributed by atoms with E-state index in [1.54, 1.807) is 0 Å². The molecule has 2 heterocycles. The molecule has 3 fully saturated rings. The van der Waals surface area contributed by atoms with Gasteiger partial charge < -0.3 is 0 Å². The molecule has 0 radical (unpaired) electrons. The summed E-state index contributed by atoms with van der Waals surface area (Å²) in [5, 5.41) is 5.78. The molecule has 0 aromatic rings. The number of nitrogens with zero attached hydrogens (tertiary/aromatic N) is 2. The maximum absolute atomic E-state index is 2.91. The highest BCUT2D eigenvalue weighted by atomic mass is 15.7. The molecule has 128 valence electrons. The molecular weight excluding hydrogens is 268 g/mol. The Balaban J connectivity index is 1.93. The Bertz CT molecular complexity index is 363. The highest BCUT2D eigenvalue weighted by Gasteiger charge is 2.52. The van der Waals surface area contributed by atoms with Crippen LogP contribution in [0.4, 0.5) is 0 Å².